The summed E-state index contributed by atoms with van der Waals surface area (Å²) in [5.41, 5.74) is 0.131. The van der Waals surface area contributed by atoms with E-state index in [1.54, 1.807) is 6.92 Å². The number of hydrogen-bond acceptors (Lipinski definition) is 2. The van der Waals surface area contributed by atoms with Gasteiger partial charge in [0, 0.05) is 11.8 Å². The number of pyridine rings is 1. The zero-order valence-electron chi connectivity index (χ0n) is 6.72. The molecule has 0 N–H and O–H groups in total. The van der Waals surface area contributed by atoms with Crippen molar-refractivity contribution in [1.29, 1.82) is 0 Å². The molecule has 1 heterocycles. The van der Waals surface area contributed by atoms with Crippen LogP contribution in [-0.4, -0.2) is 10.2 Å². The van der Waals surface area contributed by atoms with E-state index in [0.29, 0.717) is 5.56 Å². The van der Waals surface area contributed by atoms with Crippen LogP contribution in [0.3, 0.4) is 0 Å². The first-order chi connectivity index (χ1) is 6.02. The molecule has 5 heteroatoms. The molecular formula is C8H6ClF2NO. The minimum absolute atomic E-state index is 0.0759. The Morgan fingerprint density at radius 1 is 1.62 bits per heavy atom. The third kappa shape index (κ3) is 2.21. The fraction of sp³-hybridized carbons (Fsp3) is 0.250. The van der Waals surface area contributed by atoms with Gasteiger partial charge in [-0.1, -0.05) is 0 Å². The number of carbonyl (C=O) groups excluding carboxylic acids is 1. The maximum atomic E-state index is 12.1. The summed E-state index contributed by atoms with van der Waals surface area (Å²) in [5, 5.41) is -0.748. The molecule has 13 heavy (non-hydrogen) atoms. The van der Waals surface area contributed by atoms with Crippen LogP contribution in [0.15, 0.2) is 12.3 Å². The first-order valence-electron chi connectivity index (χ1n) is 3.47. The Hall–Kier alpha value is -1.03. The second-order valence-corrected chi connectivity index (χ2v) is 2.84. The van der Waals surface area contributed by atoms with Gasteiger partial charge in [-0.3, -0.25) is 9.78 Å². The average Bonchev–Trinajstić information content (AvgIpc) is 2.04. The van der Waals surface area contributed by atoms with E-state index in [0.717, 1.165) is 6.07 Å². The SMILES string of the molecule is Cc1cnc(C(F)F)cc1C(=O)Cl. The van der Waals surface area contributed by atoms with Crippen molar-refractivity contribution in [3.8, 4) is 0 Å². The summed E-state index contributed by atoms with van der Waals surface area (Å²) in [6.07, 6.45) is -1.48. The zero-order chi connectivity index (χ0) is 10.0. The Bertz CT molecular complexity index is 341. The number of aromatic nitrogens is 1. The van der Waals surface area contributed by atoms with Crippen molar-refractivity contribution in [2.45, 2.75) is 13.3 Å². The van der Waals surface area contributed by atoms with Crippen molar-refractivity contribution in [3.05, 3.63) is 29.1 Å². The Morgan fingerprint density at radius 3 is 2.69 bits per heavy atom. The van der Waals surface area contributed by atoms with Gasteiger partial charge in [-0.05, 0) is 30.2 Å². The summed E-state index contributed by atoms with van der Waals surface area (Å²) in [6.45, 7) is 1.58. The number of halogens is 3. The molecule has 70 valence electrons. The second-order valence-electron chi connectivity index (χ2n) is 2.50. The predicted octanol–water partition coefficient (Wildman–Crippen LogP) is 2.71. The molecule has 2 nitrogen and oxygen atoms in total. The van der Waals surface area contributed by atoms with Crippen molar-refractivity contribution in [2.24, 2.45) is 0 Å². The molecule has 0 spiro atoms. The molecule has 0 radical (unpaired) electrons. The first kappa shape index (κ1) is 10.1. The van der Waals surface area contributed by atoms with Crippen LogP contribution in [-0.2, 0) is 0 Å². The van der Waals surface area contributed by atoms with Crippen LogP contribution in [0.1, 0.15) is 28.0 Å². The molecule has 0 aliphatic rings. The molecule has 0 amide bonds. The van der Waals surface area contributed by atoms with Crippen molar-refractivity contribution >= 4 is 16.8 Å². The lowest BCUT2D eigenvalue weighted by Gasteiger charge is -2.02. The number of hydrogen-bond donors (Lipinski definition) is 0. The summed E-state index contributed by atoms with van der Waals surface area (Å²) < 4.78 is 24.3. The topological polar surface area (TPSA) is 30.0 Å². The summed E-state index contributed by atoms with van der Waals surface area (Å²) in [4.78, 5) is 14.2. The molecule has 0 unspecified atom stereocenters. The third-order valence-electron chi connectivity index (χ3n) is 1.56. The lowest BCUT2D eigenvalue weighted by Crippen LogP contribution is -1.99. The average molecular weight is 206 g/mol. The molecular weight excluding hydrogens is 200 g/mol. The number of aryl methyl sites for hydroxylation is 1. The van der Waals surface area contributed by atoms with Gasteiger partial charge in [-0.2, -0.15) is 0 Å². The molecule has 0 bridgehead atoms. The maximum Gasteiger partial charge on any atom is 0.280 e. The van der Waals surface area contributed by atoms with Gasteiger partial charge in [0.05, 0.1) is 0 Å². The highest BCUT2D eigenvalue weighted by Crippen LogP contribution is 2.19. The molecule has 0 atom stereocenters. The predicted molar refractivity (Wildman–Crippen MR) is 44.1 cm³/mol. The first-order valence-corrected chi connectivity index (χ1v) is 3.84. The van der Waals surface area contributed by atoms with Gasteiger partial charge in [0.2, 0.25) is 0 Å². The van der Waals surface area contributed by atoms with E-state index in [1.807, 2.05) is 0 Å². The van der Waals surface area contributed by atoms with E-state index in [9.17, 15) is 13.6 Å². The zero-order valence-corrected chi connectivity index (χ0v) is 7.48. The minimum atomic E-state index is -2.68. The normalized spacial score (nSPS) is 10.5. The summed E-state index contributed by atoms with van der Waals surface area (Å²) in [7, 11) is 0. The molecule has 1 rings (SSSR count). The Kier molecular flexibility index (Phi) is 2.93. The van der Waals surface area contributed by atoms with E-state index in [1.165, 1.54) is 6.20 Å². The molecule has 1 aromatic heterocycles. The standard InChI is InChI=1S/C8H6ClF2NO/c1-4-3-12-6(8(10)11)2-5(4)7(9)13/h2-3,8H,1H3. The monoisotopic (exact) mass is 205 g/mol. The van der Waals surface area contributed by atoms with Crippen molar-refractivity contribution in [2.75, 3.05) is 0 Å². The van der Waals surface area contributed by atoms with Crippen molar-refractivity contribution in [3.63, 3.8) is 0 Å². The molecule has 0 aliphatic carbocycles. The molecule has 0 saturated carbocycles. The summed E-state index contributed by atoms with van der Waals surface area (Å²) >= 11 is 5.17. The Labute approximate surface area is 78.5 Å². The van der Waals surface area contributed by atoms with Gasteiger partial charge in [0.1, 0.15) is 5.69 Å². The van der Waals surface area contributed by atoms with Crippen LogP contribution in [0.4, 0.5) is 8.78 Å². The summed E-state index contributed by atoms with van der Waals surface area (Å²) in [6, 6.07) is 1.01. The van der Waals surface area contributed by atoms with E-state index < -0.39 is 17.4 Å². The number of rotatable bonds is 2. The van der Waals surface area contributed by atoms with Gasteiger partial charge in [0.25, 0.3) is 11.7 Å². The highest BCUT2D eigenvalue weighted by Gasteiger charge is 2.13. The van der Waals surface area contributed by atoms with Crippen LogP contribution in [0.25, 0.3) is 0 Å². The molecule has 0 aliphatic heterocycles. The molecule has 0 aromatic carbocycles. The molecule has 0 saturated heterocycles. The van der Waals surface area contributed by atoms with E-state index in [2.05, 4.69) is 4.98 Å². The number of nitrogens with zero attached hydrogens (tertiary/aromatic N) is 1. The number of alkyl halides is 2. The van der Waals surface area contributed by atoms with E-state index in [4.69, 9.17) is 11.6 Å². The Morgan fingerprint density at radius 2 is 2.23 bits per heavy atom. The molecule has 0 fully saturated rings. The number of carbonyl (C=O) groups is 1. The van der Waals surface area contributed by atoms with E-state index >= 15 is 0 Å². The largest absolute Gasteiger partial charge is 0.280 e. The van der Waals surface area contributed by atoms with Gasteiger partial charge in [-0.15, -0.1) is 0 Å². The fourth-order valence-electron chi connectivity index (χ4n) is 0.871. The van der Waals surface area contributed by atoms with Crippen LogP contribution in [0.5, 0.6) is 0 Å². The van der Waals surface area contributed by atoms with Gasteiger partial charge < -0.3 is 0 Å². The quantitative estimate of drug-likeness (QED) is 0.695. The Balaban J connectivity index is 3.19. The third-order valence-corrected chi connectivity index (χ3v) is 1.76. The van der Waals surface area contributed by atoms with Crippen LogP contribution >= 0.6 is 11.6 Å². The van der Waals surface area contributed by atoms with Crippen LogP contribution in [0.2, 0.25) is 0 Å². The highest BCUT2D eigenvalue weighted by atomic mass is 35.5. The minimum Gasteiger partial charge on any atom is -0.276 e. The summed E-state index contributed by atoms with van der Waals surface area (Å²) in [5.74, 6) is 0. The van der Waals surface area contributed by atoms with E-state index in [-0.39, 0.29) is 5.56 Å². The van der Waals surface area contributed by atoms with Gasteiger partial charge in [-0.25, -0.2) is 8.78 Å². The van der Waals surface area contributed by atoms with Gasteiger partial charge in [0.15, 0.2) is 0 Å². The fourth-order valence-corrected chi connectivity index (χ4v) is 1.07. The highest BCUT2D eigenvalue weighted by molar-refractivity contribution is 6.67. The lowest BCUT2D eigenvalue weighted by atomic mass is 10.1. The second kappa shape index (κ2) is 3.79. The maximum absolute atomic E-state index is 12.1. The van der Waals surface area contributed by atoms with Crippen molar-refractivity contribution in [1.82, 2.24) is 4.98 Å². The molecule has 1 aromatic rings. The smallest absolute Gasteiger partial charge is 0.276 e. The van der Waals surface area contributed by atoms with Crippen LogP contribution in [0, 0.1) is 6.92 Å². The van der Waals surface area contributed by atoms with Crippen LogP contribution < -0.4 is 0 Å². The lowest BCUT2D eigenvalue weighted by molar-refractivity contribution is 0.108. The van der Waals surface area contributed by atoms with Crippen molar-refractivity contribution < 1.29 is 13.6 Å². The van der Waals surface area contributed by atoms with Gasteiger partial charge >= 0.3 is 0 Å².